The van der Waals surface area contributed by atoms with Crippen molar-refractivity contribution in [2.24, 2.45) is 5.92 Å². The highest BCUT2D eigenvalue weighted by Gasteiger charge is 2.20. The van der Waals surface area contributed by atoms with E-state index in [2.05, 4.69) is 29.0 Å². The smallest absolute Gasteiger partial charge is 0.266 e. The Morgan fingerprint density at radius 1 is 1.36 bits per heavy atom. The predicted octanol–water partition coefficient (Wildman–Crippen LogP) is 2.87. The SMILES string of the molecule is CCc1nc(C)c(C(=O)N(C)Cc2noc(CC(C)C)n2)s1. The van der Waals surface area contributed by atoms with Gasteiger partial charge in [0.1, 0.15) is 4.88 Å². The van der Waals surface area contributed by atoms with Crippen LogP contribution in [-0.4, -0.2) is 33.0 Å². The second-order valence-corrected chi connectivity index (χ2v) is 6.82. The lowest BCUT2D eigenvalue weighted by atomic mass is 10.1. The third-order valence-electron chi connectivity index (χ3n) is 3.16. The van der Waals surface area contributed by atoms with Crippen molar-refractivity contribution < 1.29 is 9.32 Å². The van der Waals surface area contributed by atoms with Crippen LogP contribution in [-0.2, 0) is 19.4 Å². The quantitative estimate of drug-likeness (QED) is 0.817. The van der Waals surface area contributed by atoms with E-state index in [-0.39, 0.29) is 5.91 Å². The third kappa shape index (κ3) is 3.91. The maximum absolute atomic E-state index is 12.5. The number of hydrogen-bond acceptors (Lipinski definition) is 6. The topological polar surface area (TPSA) is 72.1 Å². The van der Waals surface area contributed by atoms with E-state index < -0.39 is 0 Å². The second kappa shape index (κ2) is 7.00. The molecule has 0 saturated carbocycles. The van der Waals surface area contributed by atoms with E-state index in [0.717, 1.165) is 23.5 Å². The van der Waals surface area contributed by atoms with Crippen LogP contribution in [0.2, 0.25) is 0 Å². The zero-order valence-corrected chi connectivity index (χ0v) is 14.5. The van der Waals surface area contributed by atoms with Crippen LogP contribution in [0.3, 0.4) is 0 Å². The van der Waals surface area contributed by atoms with Gasteiger partial charge in [0.25, 0.3) is 5.91 Å². The molecule has 0 N–H and O–H groups in total. The molecule has 1 amide bonds. The lowest BCUT2D eigenvalue weighted by molar-refractivity contribution is 0.0784. The highest BCUT2D eigenvalue weighted by molar-refractivity contribution is 7.13. The summed E-state index contributed by atoms with van der Waals surface area (Å²) in [5.41, 5.74) is 0.785. The van der Waals surface area contributed by atoms with Gasteiger partial charge >= 0.3 is 0 Å². The van der Waals surface area contributed by atoms with Gasteiger partial charge in [0.05, 0.1) is 17.2 Å². The first-order valence-corrected chi connectivity index (χ1v) is 8.25. The largest absolute Gasteiger partial charge is 0.339 e. The van der Waals surface area contributed by atoms with Crippen LogP contribution in [0, 0.1) is 12.8 Å². The molecule has 0 fully saturated rings. The molecule has 0 aliphatic heterocycles. The summed E-state index contributed by atoms with van der Waals surface area (Å²) in [6.45, 7) is 8.42. The fraction of sp³-hybridized carbons (Fsp3) is 0.600. The van der Waals surface area contributed by atoms with Crippen molar-refractivity contribution in [1.82, 2.24) is 20.0 Å². The van der Waals surface area contributed by atoms with Crippen molar-refractivity contribution in [3.63, 3.8) is 0 Å². The minimum atomic E-state index is -0.0510. The van der Waals surface area contributed by atoms with Crippen LogP contribution in [0.4, 0.5) is 0 Å². The first-order chi connectivity index (χ1) is 10.4. The number of aromatic nitrogens is 3. The van der Waals surface area contributed by atoms with Crippen LogP contribution in [0.25, 0.3) is 0 Å². The van der Waals surface area contributed by atoms with E-state index >= 15 is 0 Å². The van der Waals surface area contributed by atoms with Gasteiger partial charge < -0.3 is 9.42 Å². The summed E-state index contributed by atoms with van der Waals surface area (Å²) in [6, 6.07) is 0. The van der Waals surface area contributed by atoms with Crippen LogP contribution < -0.4 is 0 Å². The highest BCUT2D eigenvalue weighted by Crippen LogP contribution is 2.20. The second-order valence-electron chi connectivity index (χ2n) is 5.74. The van der Waals surface area contributed by atoms with Gasteiger partial charge in [-0.1, -0.05) is 25.9 Å². The monoisotopic (exact) mass is 322 g/mol. The molecule has 2 rings (SSSR count). The summed E-state index contributed by atoms with van der Waals surface area (Å²) in [6.07, 6.45) is 1.59. The Bertz CT molecular complexity index is 648. The van der Waals surface area contributed by atoms with Crippen LogP contribution >= 0.6 is 11.3 Å². The average Bonchev–Trinajstić information content (AvgIpc) is 3.03. The summed E-state index contributed by atoms with van der Waals surface area (Å²) < 4.78 is 5.20. The van der Waals surface area contributed by atoms with Gasteiger partial charge in [-0.25, -0.2) is 4.98 Å². The fourth-order valence-electron chi connectivity index (χ4n) is 2.05. The van der Waals surface area contributed by atoms with Crippen LogP contribution in [0.5, 0.6) is 0 Å². The van der Waals surface area contributed by atoms with Crippen molar-refractivity contribution in [2.75, 3.05) is 7.05 Å². The van der Waals surface area contributed by atoms with Crippen LogP contribution in [0.15, 0.2) is 4.52 Å². The molecule has 120 valence electrons. The summed E-state index contributed by atoms with van der Waals surface area (Å²) in [5.74, 6) is 1.56. The Labute approximate surface area is 134 Å². The van der Waals surface area contributed by atoms with E-state index in [1.165, 1.54) is 11.3 Å². The Kier molecular flexibility index (Phi) is 5.28. The molecule has 0 saturated heterocycles. The van der Waals surface area contributed by atoms with E-state index in [1.54, 1.807) is 11.9 Å². The molecule has 0 atom stereocenters. The van der Waals surface area contributed by atoms with Gasteiger partial charge in [-0.2, -0.15) is 4.98 Å². The van der Waals surface area contributed by atoms with Gasteiger partial charge in [-0.15, -0.1) is 11.3 Å². The summed E-state index contributed by atoms with van der Waals surface area (Å²) >= 11 is 1.45. The molecule has 0 bridgehead atoms. The van der Waals surface area contributed by atoms with Crippen LogP contribution in [0.1, 0.15) is 52.9 Å². The normalized spacial score (nSPS) is 11.2. The molecule has 0 unspecified atom stereocenters. The Hall–Kier alpha value is -1.76. The van der Waals surface area contributed by atoms with Gasteiger partial charge in [-0.3, -0.25) is 4.79 Å². The molecule has 2 aromatic heterocycles. The third-order valence-corrected chi connectivity index (χ3v) is 4.45. The molecule has 0 radical (unpaired) electrons. The van der Waals surface area contributed by atoms with Crippen molar-refractivity contribution in [3.8, 4) is 0 Å². The highest BCUT2D eigenvalue weighted by atomic mass is 32.1. The summed E-state index contributed by atoms with van der Waals surface area (Å²) in [4.78, 5) is 23.5. The van der Waals surface area contributed by atoms with Gasteiger partial charge in [-0.05, 0) is 19.3 Å². The lowest BCUT2D eigenvalue weighted by Crippen LogP contribution is -2.26. The molecule has 2 aromatic rings. The number of carbonyl (C=O) groups excluding carboxylic acids is 1. The van der Waals surface area contributed by atoms with E-state index in [0.29, 0.717) is 29.1 Å². The number of nitrogens with zero attached hydrogens (tertiary/aromatic N) is 4. The molecule has 0 spiro atoms. The number of rotatable bonds is 6. The number of carbonyl (C=O) groups is 1. The van der Waals surface area contributed by atoms with Crippen molar-refractivity contribution >= 4 is 17.2 Å². The number of amides is 1. The standard InChI is InChI=1S/C15H22N4O2S/c1-6-13-16-10(4)14(22-13)15(20)19(5)8-11-17-12(21-18-11)7-9(2)3/h9H,6-8H2,1-5H3. The summed E-state index contributed by atoms with van der Waals surface area (Å²) in [5, 5.41) is 4.92. The minimum Gasteiger partial charge on any atom is -0.339 e. The molecule has 22 heavy (non-hydrogen) atoms. The van der Waals surface area contributed by atoms with E-state index in [9.17, 15) is 4.79 Å². The molecule has 6 nitrogen and oxygen atoms in total. The lowest BCUT2D eigenvalue weighted by Gasteiger charge is -2.13. The zero-order valence-electron chi connectivity index (χ0n) is 13.7. The molecule has 0 aliphatic rings. The Morgan fingerprint density at radius 3 is 2.68 bits per heavy atom. The molecule has 2 heterocycles. The average molecular weight is 322 g/mol. The van der Waals surface area contributed by atoms with Gasteiger partial charge in [0, 0.05) is 13.5 Å². The number of thiazole rings is 1. The van der Waals surface area contributed by atoms with Crippen molar-refractivity contribution in [2.45, 2.75) is 47.1 Å². The van der Waals surface area contributed by atoms with Crippen molar-refractivity contribution in [1.29, 1.82) is 0 Å². The minimum absolute atomic E-state index is 0.0510. The predicted molar refractivity (Wildman–Crippen MR) is 84.9 cm³/mol. The number of aryl methyl sites for hydroxylation is 2. The molecule has 0 aliphatic carbocycles. The molecule has 7 heteroatoms. The Balaban J connectivity index is 2.04. The van der Waals surface area contributed by atoms with E-state index in [4.69, 9.17) is 4.52 Å². The van der Waals surface area contributed by atoms with Crippen molar-refractivity contribution in [3.05, 3.63) is 27.3 Å². The molecular formula is C15H22N4O2S. The molecule has 0 aromatic carbocycles. The van der Waals surface area contributed by atoms with Gasteiger partial charge in [0.2, 0.25) is 5.89 Å². The first-order valence-electron chi connectivity index (χ1n) is 7.43. The maximum Gasteiger partial charge on any atom is 0.266 e. The number of hydrogen-bond donors (Lipinski definition) is 0. The molecular weight excluding hydrogens is 300 g/mol. The maximum atomic E-state index is 12.5. The summed E-state index contributed by atoms with van der Waals surface area (Å²) in [7, 11) is 1.74. The fourth-order valence-corrected chi connectivity index (χ4v) is 3.04. The van der Waals surface area contributed by atoms with Gasteiger partial charge in [0.15, 0.2) is 5.82 Å². The first kappa shape index (κ1) is 16.6. The zero-order chi connectivity index (χ0) is 16.3. The Morgan fingerprint density at radius 2 is 2.09 bits per heavy atom. The van der Waals surface area contributed by atoms with E-state index in [1.807, 2.05) is 13.8 Å².